The minimum Gasteiger partial charge on any atom is -0.388 e. The molecule has 1 aliphatic rings. The molecule has 1 aromatic rings. The molecule has 2 rings (SSSR count). The molecule has 0 aliphatic carbocycles. The summed E-state index contributed by atoms with van der Waals surface area (Å²) in [6.45, 7) is 2.07. The second-order valence-corrected chi connectivity index (χ2v) is 3.12. The van der Waals surface area contributed by atoms with Gasteiger partial charge in [-0.3, -0.25) is 4.99 Å². The second kappa shape index (κ2) is 2.63. The Kier molecular flexibility index (Phi) is 1.61. The molecule has 0 bridgehead atoms. The summed E-state index contributed by atoms with van der Waals surface area (Å²) >= 11 is 0. The zero-order valence-electron chi connectivity index (χ0n) is 7.39. The minimum absolute atomic E-state index is 1.00. The largest absolute Gasteiger partial charge is 0.388 e. The smallest absolute Gasteiger partial charge is 0.0666 e. The highest BCUT2D eigenvalue weighted by Crippen LogP contribution is 2.28. The number of nitrogens with one attached hydrogen (secondary N) is 1. The van der Waals surface area contributed by atoms with Crippen molar-refractivity contribution in [2.45, 2.75) is 13.3 Å². The first-order chi connectivity index (χ1) is 5.79. The van der Waals surface area contributed by atoms with E-state index >= 15 is 0 Å². The molecule has 2 heteroatoms. The van der Waals surface area contributed by atoms with Gasteiger partial charge in [-0.15, -0.1) is 0 Å². The van der Waals surface area contributed by atoms with Crippen LogP contribution in [0.25, 0.3) is 0 Å². The maximum Gasteiger partial charge on any atom is 0.0666 e. The highest BCUT2D eigenvalue weighted by atomic mass is 14.8. The van der Waals surface area contributed by atoms with E-state index in [1.807, 2.05) is 7.05 Å². The first-order valence-corrected chi connectivity index (χ1v) is 4.14. The topological polar surface area (TPSA) is 24.4 Å². The van der Waals surface area contributed by atoms with Crippen LogP contribution >= 0.6 is 0 Å². The molecule has 0 saturated carbocycles. The van der Waals surface area contributed by atoms with Gasteiger partial charge in [-0.05, 0) is 30.7 Å². The molecule has 2 nitrogen and oxygen atoms in total. The minimum atomic E-state index is 1.00. The van der Waals surface area contributed by atoms with Gasteiger partial charge in [0.15, 0.2) is 0 Å². The van der Waals surface area contributed by atoms with Crippen molar-refractivity contribution >= 4 is 17.1 Å². The lowest BCUT2D eigenvalue weighted by atomic mass is 10.1. The molecule has 0 spiro atoms. The first-order valence-electron chi connectivity index (χ1n) is 4.14. The Morgan fingerprint density at radius 2 is 2.25 bits per heavy atom. The van der Waals surface area contributed by atoms with Crippen LogP contribution in [0.2, 0.25) is 0 Å². The number of fused-ring (bicyclic) bond motifs is 1. The van der Waals surface area contributed by atoms with Crippen LogP contribution in [0, 0.1) is 0 Å². The molecule has 62 valence electrons. The molecular formula is C10H12N2. The van der Waals surface area contributed by atoms with Crippen LogP contribution in [0.15, 0.2) is 23.2 Å². The Morgan fingerprint density at radius 1 is 1.42 bits per heavy atom. The van der Waals surface area contributed by atoms with Gasteiger partial charge >= 0.3 is 0 Å². The zero-order chi connectivity index (χ0) is 8.55. The van der Waals surface area contributed by atoms with Gasteiger partial charge in [0.1, 0.15) is 0 Å². The lowest BCUT2D eigenvalue weighted by Gasteiger charge is -2.01. The van der Waals surface area contributed by atoms with E-state index in [2.05, 4.69) is 35.4 Å². The molecule has 0 saturated heterocycles. The van der Waals surface area contributed by atoms with E-state index in [0.29, 0.717) is 0 Å². The van der Waals surface area contributed by atoms with Gasteiger partial charge in [-0.2, -0.15) is 0 Å². The summed E-state index contributed by atoms with van der Waals surface area (Å²) in [6.07, 6.45) is 1.00. The van der Waals surface area contributed by atoms with Crippen molar-refractivity contribution in [1.29, 1.82) is 0 Å². The fourth-order valence-electron chi connectivity index (χ4n) is 1.51. The molecule has 1 aliphatic heterocycles. The summed E-state index contributed by atoms with van der Waals surface area (Å²) in [6, 6.07) is 6.29. The van der Waals surface area contributed by atoms with E-state index in [-0.39, 0.29) is 0 Å². The van der Waals surface area contributed by atoms with E-state index in [1.54, 1.807) is 0 Å². The van der Waals surface area contributed by atoms with Crippen molar-refractivity contribution in [1.82, 2.24) is 0 Å². The van der Waals surface area contributed by atoms with Crippen molar-refractivity contribution < 1.29 is 0 Å². The monoisotopic (exact) mass is 160 g/mol. The molecule has 0 fully saturated rings. The van der Waals surface area contributed by atoms with Crippen LogP contribution in [-0.2, 0) is 6.42 Å². The first kappa shape index (κ1) is 7.35. The lowest BCUT2D eigenvalue weighted by molar-refractivity contribution is 1.37. The summed E-state index contributed by atoms with van der Waals surface area (Å²) in [7, 11) is 1.93. The third-order valence-corrected chi connectivity index (χ3v) is 2.13. The lowest BCUT2D eigenvalue weighted by Crippen LogP contribution is -1.91. The summed E-state index contributed by atoms with van der Waals surface area (Å²) in [5.41, 5.74) is 4.84. The van der Waals surface area contributed by atoms with Crippen LogP contribution in [0.1, 0.15) is 12.5 Å². The maximum atomic E-state index is 4.42. The van der Waals surface area contributed by atoms with Crippen LogP contribution in [0.4, 0.5) is 11.4 Å². The molecule has 0 amide bonds. The molecule has 1 aromatic carbocycles. The van der Waals surface area contributed by atoms with E-state index in [1.165, 1.54) is 17.0 Å². The van der Waals surface area contributed by atoms with Crippen LogP contribution in [0.3, 0.4) is 0 Å². The number of anilines is 1. The van der Waals surface area contributed by atoms with E-state index in [4.69, 9.17) is 0 Å². The molecule has 0 radical (unpaired) electrons. The Hall–Kier alpha value is -1.31. The average molecular weight is 160 g/mol. The van der Waals surface area contributed by atoms with Crippen LogP contribution < -0.4 is 5.32 Å². The van der Waals surface area contributed by atoms with Gasteiger partial charge in [0.2, 0.25) is 0 Å². The zero-order valence-corrected chi connectivity index (χ0v) is 7.39. The number of benzene rings is 1. The van der Waals surface area contributed by atoms with Crippen LogP contribution in [-0.4, -0.2) is 12.8 Å². The summed E-state index contributed by atoms with van der Waals surface area (Å²) in [5.74, 6) is 0. The van der Waals surface area contributed by atoms with Crippen molar-refractivity contribution in [3.63, 3.8) is 0 Å². The third kappa shape index (κ3) is 1.09. The molecule has 12 heavy (non-hydrogen) atoms. The number of hydrogen-bond acceptors (Lipinski definition) is 2. The highest BCUT2D eigenvalue weighted by molar-refractivity contribution is 5.92. The fraction of sp³-hybridized carbons (Fsp3) is 0.300. The van der Waals surface area contributed by atoms with Gasteiger partial charge in [0.25, 0.3) is 0 Å². The Labute approximate surface area is 72.3 Å². The number of aliphatic imine (C=N–C) groups is 1. The molecule has 0 aromatic heterocycles. The van der Waals surface area contributed by atoms with E-state index in [0.717, 1.165) is 12.1 Å². The standard InChI is InChI=1S/C10H12N2/c1-7-5-8-6-9(11-2)3-4-10(8)12-7/h3-4,6,11H,5H2,1-2H3. The maximum absolute atomic E-state index is 4.42. The Morgan fingerprint density at radius 3 is 3.00 bits per heavy atom. The van der Waals surface area contributed by atoms with Gasteiger partial charge in [0.05, 0.1) is 5.69 Å². The predicted molar refractivity (Wildman–Crippen MR) is 52.5 cm³/mol. The van der Waals surface area contributed by atoms with Crippen molar-refractivity contribution in [3.05, 3.63) is 23.8 Å². The Balaban J connectivity index is 2.42. The van der Waals surface area contributed by atoms with Crippen molar-refractivity contribution in [3.8, 4) is 0 Å². The second-order valence-electron chi connectivity index (χ2n) is 3.12. The average Bonchev–Trinajstić information content (AvgIpc) is 2.43. The van der Waals surface area contributed by atoms with Gasteiger partial charge in [0, 0.05) is 24.9 Å². The quantitative estimate of drug-likeness (QED) is 0.670. The summed E-state index contributed by atoms with van der Waals surface area (Å²) in [4.78, 5) is 4.42. The fourth-order valence-corrected chi connectivity index (χ4v) is 1.51. The molecule has 1 N–H and O–H groups in total. The van der Waals surface area contributed by atoms with Crippen LogP contribution in [0.5, 0.6) is 0 Å². The molecule has 1 heterocycles. The summed E-state index contributed by atoms with van der Waals surface area (Å²) in [5, 5.41) is 3.12. The molecule has 0 unspecified atom stereocenters. The number of rotatable bonds is 1. The van der Waals surface area contributed by atoms with Gasteiger partial charge in [-0.25, -0.2) is 0 Å². The van der Waals surface area contributed by atoms with E-state index in [9.17, 15) is 0 Å². The van der Waals surface area contributed by atoms with Gasteiger partial charge in [-0.1, -0.05) is 0 Å². The third-order valence-electron chi connectivity index (χ3n) is 2.13. The molecular weight excluding hydrogens is 148 g/mol. The molecule has 0 atom stereocenters. The normalized spacial score (nSPS) is 14.0. The SMILES string of the molecule is CNc1ccc2c(c1)CC(C)=N2. The number of nitrogens with zero attached hydrogens (tertiary/aromatic N) is 1. The Bertz CT molecular complexity index is 340. The summed E-state index contributed by atoms with van der Waals surface area (Å²) < 4.78 is 0. The van der Waals surface area contributed by atoms with E-state index < -0.39 is 0 Å². The number of hydrogen-bond donors (Lipinski definition) is 1. The van der Waals surface area contributed by atoms with Crippen molar-refractivity contribution in [2.24, 2.45) is 4.99 Å². The predicted octanol–water partition coefficient (Wildman–Crippen LogP) is 2.38. The van der Waals surface area contributed by atoms with Gasteiger partial charge < -0.3 is 5.32 Å². The highest BCUT2D eigenvalue weighted by Gasteiger charge is 2.10. The van der Waals surface area contributed by atoms with Crippen molar-refractivity contribution in [2.75, 3.05) is 12.4 Å².